The minimum absolute atomic E-state index is 0.0222. The summed E-state index contributed by atoms with van der Waals surface area (Å²) in [5, 5.41) is 0. The normalized spacial score (nSPS) is 18.5. The number of benzene rings is 1. The molecule has 0 N–H and O–H groups in total. The maximum atomic E-state index is 11.7. The highest BCUT2D eigenvalue weighted by Crippen LogP contribution is 2.32. The van der Waals surface area contributed by atoms with Crippen molar-refractivity contribution in [3.8, 4) is 0 Å². The number of rotatable bonds is 4. The number of ketones is 1. The molecule has 0 amide bonds. The first kappa shape index (κ1) is 13.5. The van der Waals surface area contributed by atoms with Gasteiger partial charge in [-0.1, -0.05) is 43.5 Å². The van der Waals surface area contributed by atoms with Gasteiger partial charge in [0.1, 0.15) is 0 Å². The van der Waals surface area contributed by atoms with Crippen molar-refractivity contribution in [1.82, 2.24) is 0 Å². The molecule has 98 valence electrons. The minimum Gasteiger partial charge on any atom is -0.293 e. The smallest absolute Gasteiger partial charge is 0.175 e. The Morgan fingerprint density at radius 1 is 1.17 bits per heavy atom. The lowest BCUT2D eigenvalue weighted by molar-refractivity contribution is 0.102. The van der Waals surface area contributed by atoms with Crippen molar-refractivity contribution in [2.75, 3.05) is 12.0 Å². The summed E-state index contributed by atoms with van der Waals surface area (Å²) in [5.41, 5.74) is 2.04. The van der Waals surface area contributed by atoms with Crippen molar-refractivity contribution in [3.05, 3.63) is 35.4 Å². The Hall–Kier alpha value is -0.960. The van der Waals surface area contributed by atoms with Crippen molar-refractivity contribution in [2.24, 2.45) is 0 Å². The first-order valence-corrected chi connectivity index (χ1v) is 8.32. The summed E-state index contributed by atoms with van der Waals surface area (Å²) < 4.78 is 11.0. The van der Waals surface area contributed by atoms with Gasteiger partial charge in [-0.25, -0.2) is 0 Å². The van der Waals surface area contributed by atoms with Gasteiger partial charge in [0.2, 0.25) is 0 Å². The average Bonchev–Trinajstić information content (AvgIpc) is 2.39. The Labute approximate surface area is 111 Å². The van der Waals surface area contributed by atoms with Crippen molar-refractivity contribution >= 4 is 16.6 Å². The fourth-order valence-corrected chi connectivity index (χ4v) is 3.18. The second-order valence-electron chi connectivity index (χ2n) is 5.10. The molecule has 0 aromatic heterocycles. The molecule has 0 heterocycles. The topological polar surface area (TPSA) is 34.1 Å². The van der Waals surface area contributed by atoms with Crippen molar-refractivity contribution < 1.29 is 9.00 Å². The van der Waals surface area contributed by atoms with Gasteiger partial charge >= 0.3 is 0 Å². The van der Waals surface area contributed by atoms with Gasteiger partial charge in [0.05, 0.1) is 5.75 Å². The standard InChI is InChI=1S/C15H20O2S/c1-18(17)11-15(16)14-9-7-13(8-10-14)12-5-3-2-4-6-12/h7-10,12H,2-6,11H2,1H3. The van der Waals surface area contributed by atoms with Gasteiger partial charge in [0.15, 0.2) is 5.78 Å². The van der Waals surface area contributed by atoms with E-state index in [9.17, 15) is 9.00 Å². The highest BCUT2D eigenvalue weighted by molar-refractivity contribution is 7.85. The van der Waals surface area contributed by atoms with Crippen LogP contribution in [0.15, 0.2) is 24.3 Å². The summed E-state index contributed by atoms with van der Waals surface area (Å²) in [4.78, 5) is 11.7. The van der Waals surface area contributed by atoms with E-state index in [-0.39, 0.29) is 11.5 Å². The van der Waals surface area contributed by atoms with Crippen LogP contribution in [0.1, 0.15) is 53.9 Å². The third-order valence-corrected chi connectivity index (χ3v) is 4.31. The first-order chi connectivity index (χ1) is 8.66. The lowest BCUT2D eigenvalue weighted by Crippen LogP contribution is -2.10. The lowest BCUT2D eigenvalue weighted by Gasteiger charge is -2.22. The van der Waals surface area contributed by atoms with Crippen molar-refractivity contribution in [3.63, 3.8) is 0 Å². The minimum atomic E-state index is -1.06. The van der Waals surface area contributed by atoms with E-state index < -0.39 is 10.8 Å². The maximum Gasteiger partial charge on any atom is 0.175 e. The summed E-state index contributed by atoms with van der Waals surface area (Å²) >= 11 is 0. The SMILES string of the molecule is CS(=O)CC(=O)c1ccc(C2CCCCC2)cc1. The largest absolute Gasteiger partial charge is 0.293 e. The molecule has 1 aliphatic carbocycles. The molecule has 18 heavy (non-hydrogen) atoms. The van der Waals surface area contributed by atoms with E-state index in [1.807, 2.05) is 12.1 Å². The molecule has 1 fully saturated rings. The highest BCUT2D eigenvalue weighted by atomic mass is 32.2. The van der Waals surface area contributed by atoms with Crippen LogP contribution in [0.25, 0.3) is 0 Å². The lowest BCUT2D eigenvalue weighted by atomic mass is 9.84. The summed E-state index contributed by atoms with van der Waals surface area (Å²) in [5.74, 6) is 0.775. The molecule has 2 nitrogen and oxygen atoms in total. The van der Waals surface area contributed by atoms with Crippen LogP contribution in [0.5, 0.6) is 0 Å². The third-order valence-electron chi connectivity index (χ3n) is 3.64. The van der Waals surface area contributed by atoms with E-state index in [4.69, 9.17) is 0 Å². The van der Waals surface area contributed by atoms with Crippen molar-refractivity contribution in [1.29, 1.82) is 0 Å². The molecule has 3 heteroatoms. The Morgan fingerprint density at radius 2 is 1.78 bits per heavy atom. The van der Waals surface area contributed by atoms with Crippen LogP contribution >= 0.6 is 0 Å². The zero-order valence-corrected chi connectivity index (χ0v) is 11.7. The van der Waals surface area contributed by atoms with Crippen LogP contribution in [0, 0.1) is 0 Å². The third kappa shape index (κ3) is 3.52. The van der Waals surface area contributed by atoms with Gasteiger partial charge in [0, 0.05) is 22.6 Å². The number of Topliss-reactive ketones (excluding diaryl/α,β-unsaturated/α-hetero) is 1. The summed E-state index contributed by atoms with van der Waals surface area (Å²) in [6, 6.07) is 7.92. The predicted molar refractivity (Wildman–Crippen MR) is 75.5 cm³/mol. The monoisotopic (exact) mass is 264 g/mol. The van der Waals surface area contributed by atoms with Gasteiger partial charge in [-0.2, -0.15) is 0 Å². The predicted octanol–water partition coefficient (Wildman–Crippen LogP) is 3.30. The van der Waals surface area contributed by atoms with Crippen LogP contribution in [0.3, 0.4) is 0 Å². The molecule has 1 atom stereocenters. The number of carbonyl (C=O) groups excluding carboxylic acids is 1. The van der Waals surface area contributed by atoms with Crippen LogP contribution in [-0.2, 0) is 10.8 Å². The Morgan fingerprint density at radius 3 is 2.33 bits per heavy atom. The summed E-state index contributed by atoms with van der Waals surface area (Å²) in [6.45, 7) is 0. The molecule has 0 saturated heterocycles. The average molecular weight is 264 g/mol. The fourth-order valence-electron chi connectivity index (χ4n) is 2.65. The number of hydrogen-bond donors (Lipinski definition) is 0. The van der Waals surface area contributed by atoms with Gasteiger partial charge in [-0.05, 0) is 24.3 Å². The highest BCUT2D eigenvalue weighted by Gasteiger charge is 2.16. The molecule has 1 aromatic carbocycles. The summed E-state index contributed by atoms with van der Waals surface area (Å²) in [7, 11) is -1.06. The molecule has 1 aliphatic rings. The maximum absolute atomic E-state index is 11.7. The molecular weight excluding hydrogens is 244 g/mol. The van der Waals surface area contributed by atoms with E-state index in [1.54, 1.807) is 6.26 Å². The quantitative estimate of drug-likeness (QED) is 0.782. The first-order valence-electron chi connectivity index (χ1n) is 6.60. The van der Waals surface area contributed by atoms with Crippen LogP contribution in [0.2, 0.25) is 0 Å². The zero-order valence-electron chi connectivity index (χ0n) is 10.9. The number of carbonyl (C=O) groups is 1. The van der Waals surface area contributed by atoms with Gasteiger partial charge in [-0.15, -0.1) is 0 Å². The Bertz CT molecular complexity index is 430. The van der Waals surface area contributed by atoms with Gasteiger partial charge in [-0.3, -0.25) is 9.00 Å². The van der Waals surface area contributed by atoms with E-state index >= 15 is 0 Å². The zero-order chi connectivity index (χ0) is 13.0. The van der Waals surface area contributed by atoms with E-state index in [0.29, 0.717) is 11.5 Å². The van der Waals surface area contributed by atoms with Crippen LogP contribution < -0.4 is 0 Å². The molecule has 0 aliphatic heterocycles. The Balaban J connectivity index is 2.04. The second kappa shape index (κ2) is 6.28. The van der Waals surface area contributed by atoms with Gasteiger partial charge < -0.3 is 0 Å². The molecular formula is C15H20O2S. The van der Waals surface area contributed by atoms with E-state index in [1.165, 1.54) is 37.7 Å². The molecule has 2 rings (SSSR count). The molecule has 1 unspecified atom stereocenters. The van der Waals surface area contributed by atoms with Crippen LogP contribution in [0.4, 0.5) is 0 Å². The second-order valence-corrected chi connectivity index (χ2v) is 6.53. The molecule has 1 aromatic rings. The summed E-state index contributed by atoms with van der Waals surface area (Å²) in [6.07, 6.45) is 8.10. The molecule has 0 bridgehead atoms. The number of hydrogen-bond acceptors (Lipinski definition) is 2. The Kier molecular flexibility index (Phi) is 4.70. The molecule has 0 spiro atoms. The van der Waals surface area contributed by atoms with Gasteiger partial charge in [0.25, 0.3) is 0 Å². The molecule has 1 saturated carbocycles. The van der Waals surface area contributed by atoms with Crippen LogP contribution in [-0.4, -0.2) is 22.0 Å². The van der Waals surface area contributed by atoms with E-state index in [0.717, 1.165) is 0 Å². The molecule has 0 radical (unpaired) electrons. The van der Waals surface area contributed by atoms with E-state index in [2.05, 4.69) is 12.1 Å². The van der Waals surface area contributed by atoms with Crippen molar-refractivity contribution in [2.45, 2.75) is 38.0 Å². The fraction of sp³-hybridized carbons (Fsp3) is 0.533.